The summed E-state index contributed by atoms with van der Waals surface area (Å²) in [5.74, 6) is 0.158. The van der Waals surface area contributed by atoms with Crippen LogP contribution in [0.3, 0.4) is 0 Å². The van der Waals surface area contributed by atoms with E-state index in [-0.39, 0.29) is 17.0 Å². The highest BCUT2D eigenvalue weighted by Crippen LogP contribution is 2.26. The Morgan fingerprint density at radius 2 is 2.43 bits per heavy atom. The Kier molecular flexibility index (Phi) is 1.79. The molecule has 0 spiro atoms. The normalized spacial score (nSPS) is 10.3. The summed E-state index contributed by atoms with van der Waals surface area (Å²) in [5, 5.41) is 20.4. The van der Waals surface area contributed by atoms with Crippen LogP contribution in [-0.2, 0) is 0 Å². The number of H-pyrrole nitrogens is 1. The predicted octanol–water partition coefficient (Wildman–Crippen LogP) is 0.413. The molecule has 0 amide bonds. The van der Waals surface area contributed by atoms with Gasteiger partial charge in [0.15, 0.2) is 4.60 Å². The molecule has 6 nitrogen and oxygen atoms in total. The van der Waals surface area contributed by atoms with Gasteiger partial charge in [-0.3, -0.25) is 9.71 Å². The smallest absolute Gasteiger partial charge is 0.241 e. The number of nitrogens with zero attached hydrogens (tertiary/aromatic N) is 3. The van der Waals surface area contributed by atoms with E-state index in [0.717, 1.165) is 6.33 Å². The van der Waals surface area contributed by atoms with Gasteiger partial charge in [0.05, 0.1) is 0 Å². The first-order valence-corrected chi connectivity index (χ1v) is 4.39. The van der Waals surface area contributed by atoms with Crippen LogP contribution in [0.4, 0.5) is 5.82 Å². The number of anilines is 1. The van der Waals surface area contributed by atoms with Gasteiger partial charge in [-0.15, -0.1) is 0 Å². The summed E-state index contributed by atoms with van der Waals surface area (Å²) in [4.78, 5) is 6.38. The first-order chi connectivity index (χ1) is 6.65. The summed E-state index contributed by atoms with van der Waals surface area (Å²) in [6.07, 6.45) is 1.04. The van der Waals surface area contributed by atoms with E-state index in [4.69, 9.17) is 11.0 Å². The van der Waals surface area contributed by atoms with E-state index < -0.39 is 0 Å². The van der Waals surface area contributed by atoms with Gasteiger partial charge < -0.3 is 10.9 Å². The topological polar surface area (TPSA) is 105 Å². The van der Waals surface area contributed by atoms with E-state index in [2.05, 4.69) is 25.9 Å². The summed E-state index contributed by atoms with van der Waals surface area (Å²) in [6.45, 7) is 0. The average molecular weight is 254 g/mol. The van der Waals surface area contributed by atoms with Crippen LogP contribution in [-0.4, -0.2) is 9.97 Å². The zero-order valence-electron chi connectivity index (χ0n) is 6.78. The van der Waals surface area contributed by atoms with Crippen molar-refractivity contribution in [3.05, 3.63) is 21.7 Å². The molecule has 2 heterocycles. The van der Waals surface area contributed by atoms with Crippen LogP contribution in [0.2, 0.25) is 0 Å². The van der Waals surface area contributed by atoms with Gasteiger partial charge in [0.25, 0.3) is 0 Å². The standard InChI is InChI=1S/C7H4BrN5O/c8-5-3(1-9)4-6(10)11-2-13(14)7(4)12-5/h2,12H,(H2,10,11). The average Bonchev–Trinajstić information content (AvgIpc) is 2.50. The van der Waals surface area contributed by atoms with E-state index in [0.29, 0.717) is 14.7 Å². The van der Waals surface area contributed by atoms with Crippen molar-refractivity contribution < 1.29 is 4.73 Å². The molecule has 70 valence electrons. The van der Waals surface area contributed by atoms with Crippen LogP contribution in [0.25, 0.3) is 11.0 Å². The fourth-order valence-electron chi connectivity index (χ4n) is 1.21. The zero-order chi connectivity index (χ0) is 10.3. The largest absolute Gasteiger partial charge is 0.740 e. The van der Waals surface area contributed by atoms with Gasteiger partial charge in [-0.2, -0.15) is 5.26 Å². The number of nitrogens with one attached hydrogen (secondary N) is 1. The number of nitriles is 1. The van der Waals surface area contributed by atoms with Gasteiger partial charge in [-0.05, 0) is 15.9 Å². The summed E-state index contributed by atoms with van der Waals surface area (Å²) in [6, 6.07) is 1.94. The molecular formula is C7H4BrN5O. The Bertz CT molecular complexity index is 555. The minimum Gasteiger partial charge on any atom is -0.740 e. The van der Waals surface area contributed by atoms with Crippen LogP contribution < -0.4 is 10.5 Å². The van der Waals surface area contributed by atoms with Crippen molar-refractivity contribution in [3.63, 3.8) is 0 Å². The lowest BCUT2D eigenvalue weighted by molar-refractivity contribution is -0.582. The molecule has 0 unspecified atom stereocenters. The molecule has 0 fully saturated rings. The van der Waals surface area contributed by atoms with Crippen molar-refractivity contribution in [2.45, 2.75) is 0 Å². The molecule has 0 aromatic carbocycles. The van der Waals surface area contributed by atoms with Crippen molar-refractivity contribution in [1.82, 2.24) is 9.97 Å². The maximum atomic E-state index is 11.2. The van der Waals surface area contributed by atoms with Crippen molar-refractivity contribution in [1.29, 1.82) is 5.26 Å². The Hall–Kier alpha value is -1.81. The molecule has 14 heavy (non-hydrogen) atoms. The molecule has 0 aliphatic rings. The number of nitrogen functional groups attached to an aromatic ring is 1. The maximum absolute atomic E-state index is 11.2. The minimum absolute atomic E-state index is 0.158. The van der Waals surface area contributed by atoms with Crippen molar-refractivity contribution >= 4 is 32.8 Å². The lowest BCUT2D eigenvalue weighted by atomic mass is 10.2. The SMILES string of the molecule is N#Cc1c(Br)[nH]c2c1c(N)nc[n+]2[O-]. The minimum atomic E-state index is 0.158. The van der Waals surface area contributed by atoms with E-state index >= 15 is 0 Å². The molecule has 3 N–H and O–H groups in total. The zero-order valence-corrected chi connectivity index (χ0v) is 8.37. The summed E-state index contributed by atoms with van der Waals surface area (Å²) >= 11 is 3.12. The van der Waals surface area contributed by atoms with E-state index in [1.54, 1.807) is 0 Å². The number of hydrogen-bond acceptors (Lipinski definition) is 4. The number of aromatic amines is 1. The van der Waals surface area contributed by atoms with Gasteiger partial charge in [-0.1, -0.05) is 4.98 Å². The van der Waals surface area contributed by atoms with Crippen LogP contribution in [0.1, 0.15) is 5.56 Å². The highest BCUT2D eigenvalue weighted by molar-refractivity contribution is 9.10. The first-order valence-electron chi connectivity index (χ1n) is 3.60. The summed E-state index contributed by atoms with van der Waals surface area (Å²) in [7, 11) is 0. The molecule has 2 rings (SSSR count). The molecule has 0 saturated carbocycles. The molecule has 7 heteroatoms. The summed E-state index contributed by atoms with van der Waals surface area (Å²) in [5.41, 5.74) is 6.07. The molecule has 0 aliphatic heterocycles. The number of nitrogens with two attached hydrogens (primary N) is 1. The monoisotopic (exact) mass is 253 g/mol. The number of hydrogen-bond donors (Lipinski definition) is 2. The van der Waals surface area contributed by atoms with Crippen molar-refractivity contribution in [2.75, 3.05) is 5.73 Å². The number of fused-ring (bicyclic) bond motifs is 1. The lowest BCUT2D eigenvalue weighted by Crippen LogP contribution is -2.27. The second kappa shape index (κ2) is 2.85. The third-order valence-corrected chi connectivity index (χ3v) is 2.42. The highest BCUT2D eigenvalue weighted by atomic mass is 79.9. The van der Waals surface area contributed by atoms with Gasteiger partial charge in [0.1, 0.15) is 17.0 Å². The molecule has 0 saturated heterocycles. The van der Waals surface area contributed by atoms with Gasteiger partial charge in [0.2, 0.25) is 17.8 Å². The van der Waals surface area contributed by atoms with E-state index in [1.165, 1.54) is 0 Å². The second-order valence-electron chi connectivity index (χ2n) is 2.60. The molecule has 2 aromatic rings. The van der Waals surface area contributed by atoms with E-state index in [9.17, 15) is 5.21 Å². The highest BCUT2D eigenvalue weighted by Gasteiger charge is 2.19. The van der Waals surface area contributed by atoms with Crippen molar-refractivity contribution in [3.8, 4) is 6.07 Å². The van der Waals surface area contributed by atoms with Crippen molar-refractivity contribution in [2.24, 2.45) is 0 Å². The Balaban J connectivity index is 3.03. The van der Waals surface area contributed by atoms with Gasteiger partial charge in [-0.25, -0.2) is 0 Å². The molecule has 0 radical (unpaired) electrons. The maximum Gasteiger partial charge on any atom is 0.241 e. The van der Waals surface area contributed by atoms with Gasteiger partial charge in [0, 0.05) is 0 Å². The quantitative estimate of drug-likeness (QED) is 0.524. The molecule has 0 aliphatic carbocycles. The number of rotatable bonds is 0. The third kappa shape index (κ3) is 1.01. The molecular weight excluding hydrogens is 250 g/mol. The lowest BCUT2D eigenvalue weighted by Gasteiger charge is -2.01. The molecule has 0 atom stereocenters. The van der Waals surface area contributed by atoms with Crippen LogP contribution >= 0.6 is 15.9 Å². The van der Waals surface area contributed by atoms with Crippen LogP contribution in [0, 0.1) is 16.5 Å². The second-order valence-corrected chi connectivity index (χ2v) is 3.40. The Morgan fingerprint density at radius 3 is 3.07 bits per heavy atom. The number of aromatic nitrogens is 3. The fourth-order valence-corrected chi connectivity index (χ4v) is 1.69. The molecule has 0 bridgehead atoms. The molecule has 2 aromatic heterocycles. The van der Waals surface area contributed by atoms with Gasteiger partial charge >= 0.3 is 0 Å². The summed E-state index contributed by atoms with van der Waals surface area (Å²) < 4.78 is 0.955. The van der Waals surface area contributed by atoms with Crippen LogP contribution in [0.15, 0.2) is 10.9 Å². The fraction of sp³-hybridized carbons (Fsp3) is 0. The first kappa shape index (κ1) is 8.77. The predicted molar refractivity (Wildman–Crippen MR) is 51.9 cm³/mol. The number of halogens is 1. The van der Waals surface area contributed by atoms with Crippen LogP contribution in [0.5, 0.6) is 0 Å². The Morgan fingerprint density at radius 1 is 1.71 bits per heavy atom. The Labute approximate surface area is 86.7 Å². The third-order valence-electron chi connectivity index (χ3n) is 1.82. The van der Waals surface area contributed by atoms with E-state index in [1.807, 2.05) is 6.07 Å².